The lowest BCUT2D eigenvalue weighted by molar-refractivity contribution is 0.478. The summed E-state index contributed by atoms with van der Waals surface area (Å²) in [7, 11) is 0. The molecule has 158 valence electrons. The Bertz CT molecular complexity index is 1350. The van der Waals surface area contributed by atoms with Crippen molar-refractivity contribution in [3.8, 4) is 11.5 Å². The predicted molar refractivity (Wildman–Crippen MR) is 125 cm³/mol. The number of nitrogens with one attached hydrogen (secondary N) is 3. The topological polar surface area (TPSA) is 141 Å². The molecule has 5 aromatic rings. The molecule has 0 atom stereocenters. The molecule has 0 saturated carbocycles. The highest BCUT2D eigenvalue weighted by atomic mass is 16.3. The minimum atomic E-state index is 0.0491. The van der Waals surface area contributed by atoms with Crippen LogP contribution in [0, 0.1) is 0 Å². The van der Waals surface area contributed by atoms with Gasteiger partial charge in [0.05, 0.1) is 11.4 Å². The number of rotatable bonds is 5. The molecule has 1 heterocycles. The molecule has 9 nitrogen and oxygen atoms in total. The van der Waals surface area contributed by atoms with Crippen molar-refractivity contribution in [2.75, 3.05) is 16.1 Å². The number of phenolic OH excluding ortho intramolecular Hbond substituents is 2. The van der Waals surface area contributed by atoms with Crippen LogP contribution in [-0.4, -0.2) is 25.2 Å². The number of aromatic nitrogens is 3. The van der Waals surface area contributed by atoms with Gasteiger partial charge in [0.25, 0.3) is 0 Å². The van der Waals surface area contributed by atoms with Gasteiger partial charge >= 0.3 is 0 Å². The van der Waals surface area contributed by atoms with Crippen molar-refractivity contribution < 1.29 is 10.2 Å². The zero-order valence-electron chi connectivity index (χ0n) is 16.7. The first-order chi connectivity index (χ1) is 15.6. The maximum absolute atomic E-state index is 10.4. The molecule has 4 aromatic carbocycles. The monoisotopic (exact) mass is 425 g/mol. The normalized spacial score (nSPS) is 10.9. The molecule has 0 amide bonds. The molecule has 7 N–H and O–H groups in total. The van der Waals surface area contributed by atoms with Crippen molar-refractivity contribution in [1.82, 2.24) is 15.0 Å². The Hall–Kier alpha value is -4.63. The molecular weight excluding hydrogens is 406 g/mol. The summed E-state index contributed by atoms with van der Waals surface area (Å²) in [6.07, 6.45) is 0. The molecule has 1 aromatic heterocycles. The highest BCUT2D eigenvalue weighted by molar-refractivity contribution is 5.90. The third-order valence-corrected chi connectivity index (χ3v) is 4.99. The van der Waals surface area contributed by atoms with Gasteiger partial charge in [0.15, 0.2) is 0 Å². The molecule has 32 heavy (non-hydrogen) atoms. The number of benzene rings is 4. The standard InChI is InChI=1S/C23H19N7O2/c24-30-23-28-21(25-17-9-13-5-1-3-7-15(13)11-19(17)31)27-22(29-23)26-18-10-14-6-2-4-8-16(14)12-20(18)32/h1-12,31-32H,24H2,(H3,25,26,27,28,29,30). The lowest BCUT2D eigenvalue weighted by atomic mass is 10.1. The van der Waals surface area contributed by atoms with Gasteiger partial charge in [0, 0.05) is 0 Å². The number of hydrogen-bond acceptors (Lipinski definition) is 9. The Morgan fingerprint density at radius 1 is 0.562 bits per heavy atom. The Labute approximate surface area is 182 Å². The van der Waals surface area contributed by atoms with Crippen LogP contribution >= 0.6 is 0 Å². The van der Waals surface area contributed by atoms with Crippen molar-refractivity contribution in [1.29, 1.82) is 0 Å². The van der Waals surface area contributed by atoms with Gasteiger partial charge in [0.1, 0.15) is 11.5 Å². The van der Waals surface area contributed by atoms with Crippen molar-refractivity contribution in [3.05, 3.63) is 72.8 Å². The summed E-state index contributed by atoms with van der Waals surface area (Å²) in [6.45, 7) is 0. The van der Waals surface area contributed by atoms with Gasteiger partial charge in [-0.15, -0.1) is 0 Å². The summed E-state index contributed by atoms with van der Waals surface area (Å²) in [5.74, 6) is 6.03. The van der Waals surface area contributed by atoms with E-state index in [0.717, 1.165) is 21.5 Å². The second-order valence-corrected chi connectivity index (χ2v) is 7.13. The first-order valence-corrected chi connectivity index (χ1v) is 9.79. The zero-order chi connectivity index (χ0) is 22.1. The van der Waals surface area contributed by atoms with Gasteiger partial charge in [-0.25, -0.2) is 5.84 Å². The van der Waals surface area contributed by atoms with Gasteiger partial charge in [0.2, 0.25) is 17.8 Å². The summed E-state index contributed by atoms with van der Waals surface area (Å²) in [4.78, 5) is 12.8. The van der Waals surface area contributed by atoms with E-state index in [1.807, 2.05) is 48.5 Å². The van der Waals surface area contributed by atoms with Gasteiger partial charge in [-0.3, -0.25) is 5.43 Å². The first kappa shape index (κ1) is 19.3. The van der Waals surface area contributed by atoms with E-state index in [0.29, 0.717) is 11.4 Å². The Morgan fingerprint density at radius 2 is 0.938 bits per heavy atom. The SMILES string of the molecule is NNc1nc(Nc2cc3ccccc3cc2O)nc(Nc2cc3ccccc3cc2O)n1. The van der Waals surface area contributed by atoms with Crippen LogP contribution in [0.4, 0.5) is 29.2 Å². The summed E-state index contributed by atoms with van der Waals surface area (Å²) >= 11 is 0. The number of aromatic hydroxyl groups is 2. The molecule has 0 spiro atoms. The molecule has 0 radical (unpaired) electrons. The van der Waals surface area contributed by atoms with Crippen molar-refractivity contribution in [2.24, 2.45) is 5.84 Å². The fraction of sp³-hybridized carbons (Fsp3) is 0. The van der Waals surface area contributed by atoms with Crippen molar-refractivity contribution in [3.63, 3.8) is 0 Å². The highest BCUT2D eigenvalue weighted by Gasteiger charge is 2.12. The van der Waals surface area contributed by atoms with E-state index in [4.69, 9.17) is 5.84 Å². The van der Waals surface area contributed by atoms with Gasteiger partial charge in [-0.05, 0) is 45.8 Å². The molecule has 0 aliphatic heterocycles. The summed E-state index contributed by atoms with van der Waals surface area (Å²) in [5, 5.41) is 30.5. The molecule has 0 fully saturated rings. The molecule has 0 bridgehead atoms. The molecule has 0 unspecified atom stereocenters. The lowest BCUT2D eigenvalue weighted by Crippen LogP contribution is -2.14. The molecular formula is C23H19N7O2. The minimum absolute atomic E-state index is 0.0491. The van der Waals surface area contributed by atoms with Crippen LogP contribution in [-0.2, 0) is 0 Å². The predicted octanol–water partition coefficient (Wildman–Crippen LogP) is 4.36. The zero-order valence-corrected chi connectivity index (χ0v) is 16.7. The third kappa shape index (κ3) is 3.75. The number of phenols is 2. The number of nitrogens with zero attached hydrogens (tertiary/aromatic N) is 3. The largest absolute Gasteiger partial charge is 0.506 e. The Kier molecular flexibility index (Phi) is 4.77. The Morgan fingerprint density at radius 3 is 1.34 bits per heavy atom. The molecule has 0 saturated heterocycles. The van der Waals surface area contributed by atoms with Gasteiger partial charge < -0.3 is 20.8 Å². The Balaban J connectivity index is 1.49. The summed E-state index contributed by atoms with van der Waals surface area (Å²) in [6, 6.07) is 22.3. The molecule has 5 rings (SSSR count). The van der Waals surface area contributed by atoms with E-state index >= 15 is 0 Å². The molecule has 0 aliphatic rings. The summed E-state index contributed by atoms with van der Waals surface area (Å²) in [5.41, 5.74) is 3.26. The average molecular weight is 425 g/mol. The number of hydrazine groups is 1. The van der Waals surface area contributed by atoms with Crippen molar-refractivity contribution in [2.45, 2.75) is 0 Å². The number of hydrogen-bond donors (Lipinski definition) is 6. The van der Waals surface area contributed by atoms with E-state index in [9.17, 15) is 10.2 Å². The van der Waals surface area contributed by atoms with E-state index in [2.05, 4.69) is 31.0 Å². The minimum Gasteiger partial charge on any atom is -0.506 e. The maximum atomic E-state index is 10.4. The average Bonchev–Trinajstić information content (AvgIpc) is 2.80. The molecule has 0 aliphatic carbocycles. The second-order valence-electron chi connectivity index (χ2n) is 7.13. The van der Waals surface area contributed by atoms with Crippen LogP contribution in [0.15, 0.2) is 72.8 Å². The van der Waals surface area contributed by atoms with E-state index < -0.39 is 0 Å². The number of nitrogens with two attached hydrogens (primary N) is 1. The fourth-order valence-electron chi connectivity index (χ4n) is 3.45. The van der Waals surface area contributed by atoms with Gasteiger partial charge in [-0.1, -0.05) is 48.5 Å². The quantitative estimate of drug-likeness (QED) is 0.138. The van der Waals surface area contributed by atoms with Crippen LogP contribution in [0.25, 0.3) is 21.5 Å². The van der Waals surface area contributed by atoms with E-state index in [1.54, 1.807) is 24.3 Å². The fourth-order valence-corrected chi connectivity index (χ4v) is 3.45. The lowest BCUT2D eigenvalue weighted by Gasteiger charge is -2.13. The van der Waals surface area contributed by atoms with Crippen LogP contribution in [0.3, 0.4) is 0 Å². The number of nitrogen functional groups attached to an aromatic ring is 1. The van der Waals surface area contributed by atoms with Crippen LogP contribution in [0.1, 0.15) is 0 Å². The molecule has 9 heteroatoms. The maximum Gasteiger partial charge on any atom is 0.243 e. The van der Waals surface area contributed by atoms with Crippen LogP contribution < -0.4 is 21.9 Å². The highest BCUT2D eigenvalue weighted by Crippen LogP contribution is 2.33. The van der Waals surface area contributed by atoms with E-state index in [1.165, 1.54) is 0 Å². The van der Waals surface area contributed by atoms with E-state index in [-0.39, 0.29) is 29.3 Å². The third-order valence-electron chi connectivity index (χ3n) is 4.99. The van der Waals surface area contributed by atoms with Crippen LogP contribution in [0.2, 0.25) is 0 Å². The number of anilines is 5. The van der Waals surface area contributed by atoms with Gasteiger partial charge in [-0.2, -0.15) is 15.0 Å². The van der Waals surface area contributed by atoms with Crippen molar-refractivity contribution >= 4 is 50.8 Å². The smallest absolute Gasteiger partial charge is 0.243 e. The first-order valence-electron chi connectivity index (χ1n) is 9.79. The second kappa shape index (κ2) is 7.89. The number of fused-ring (bicyclic) bond motifs is 2. The van der Waals surface area contributed by atoms with Crippen LogP contribution in [0.5, 0.6) is 11.5 Å². The summed E-state index contributed by atoms with van der Waals surface area (Å²) < 4.78 is 0.